The van der Waals surface area contributed by atoms with Crippen LogP contribution in [0.5, 0.6) is 0 Å². The number of pyridine rings is 1. The number of nitrogens with two attached hydrogens (primary N) is 1. The van der Waals surface area contributed by atoms with Gasteiger partial charge in [0, 0.05) is 11.8 Å². The minimum atomic E-state index is 0.382. The smallest absolute Gasteiger partial charge is 0.150 e. The highest BCUT2D eigenvalue weighted by atomic mass is 16.1. The first-order chi connectivity index (χ1) is 4.74. The van der Waals surface area contributed by atoms with Crippen molar-refractivity contribution in [1.29, 1.82) is 0 Å². The molecule has 0 fully saturated rings. The quantitative estimate of drug-likeness (QED) is 0.580. The van der Waals surface area contributed by atoms with E-state index < -0.39 is 0 Å². The number of nitrogens with zero attached hydrogens (tertiary/aromatic N) is 1. The number of nitrogen functional groups attached to an aromatic ring is 1. The van der Waals surface area contributed by atoms with E-state index >= 15 is 0 Å². The van der Waals surface area contributed by atoms with Crippen LogP contribution in [0.25, 0.3) is 0 Å². The number of rotatable bonds is 1. The molecule has 0 saturated heterocycles. The van der Waals surface area contributed by atoms with Crippen LogP contribution in [-0.2, 0) is 0 Å². The summed E-state index contributed by atoms with van der Waals surface area (Å²) < 4.78 is 0. The minimum absolute atomic E-state index is 0.382. The summed E-state index contributed by atoms with van der Waals surface area (Å²) in [5.74, 6) is 0.382. The Bertz CT molecular complexity index is 258. The highest BCUT2D eigenvalue weighted by Crippen LogP contribution is 2.05. The molecule has 0 radical (unpaired) electrons. The van der Waals surface area contributed by atoms with Gasteiger partial charge in [0.2, 0.25) is 0 Å². The van der Waals surface area contributed by atoms with E-state index in [9.17, 15) is 4.79 Å². The number of hydrogen-bond donors (Lipinski definition) is 1. The summed E-state index contributed by atoms with van der Waals surface area (Å²) in [4.78, 5) is 14.1. The van der Waals surface area contributed by atoms with Gasteiger partial charge in [0.05, 0.1) is 0 Å². The van der Waals surface area contributed by atoms with Crippen molar-refractivity contribution in [2.24, 2.45) is 0 Å². The number of aromatic nitrogens is 1. The van der Waals surface area contributed by atoms with Crippen LogP contribution in [-0.4, -0.2) is 11.3 Å². The molecule has 1 aromatic heterocycles. The highest BCUT2D eigenvalue weighted by Gasteiger charge is 1.95. The predicted molar refractivity (Wildman–Crippen MR) is 38.8 cm³/mol. The van der Waals surface area contributed by atoms with Gasteiger partial charge in [-0.2, -0.15) is 0 Å². The number of aldehydes is 1. The van der Waals surface area contributed by atoms with Crippen molar-refractivity contribution >= 4 is 12.1 Å². The van der Waals surface area contributed by atoms with E-state index in [-0.39, 0.29) is 0 Å². The first-order valence-electron chi connectivity index (χ1n) is 2.91. The van der Waals surface area contributed by atoms with Gasteiger partial charge in [-0.05, 0) is 18.6 Å². The van der Waals surface area contributed by atoms with Gasteiger partial charge in [-0.15, -0.1) is 0 Å². The van der Waals surface area contributed by atoms with Gasteiger partial charge in [0.25, 0.3) is 0 Å². The standard InChI is InChI=1S/C7H8N2O/c1-5-3-9-7(8)2-6(5)4-10/h2-4H,1H3,(H2,8,9). The van der Waals surface area contributed by atoms with E-state index in [4.69, 9.17) is 5.73 Å². The summed E-state index contributed by atoms with van der Waals surface area (Å²) in [6.07, 6.45) is 2.35. The van der Waals surface area contributed by atoms with Gasteiger partial charge in [-0.25, -0.2) is 4.98 Å². The molecule has 0 aromatic carbocycles. The largest absolute Gasteiger partial charge is 0.384 e. The van der Waals surface area contributed by atoms with Crippen LogP contribution in [0.2, 0.25) is 0 Å². The van der Waals surface area contributed by atoms with Crippen LogP contribution in [0.1, 0.15) is 15.9 Å². The second kappa shape index (κ2) is 2.47. The maximum atomic E-state index is 10.3. The van der Waals surface area contributed by atoms with E-state index in [0.29, 0.717) is 11.4 Å². The van der Waals surface area contributed by atoms with E-state index in [1.165, 1.54) is 0 Å². The molecule has 0 aliphatic carbocycles. The second-order valence-corrected chi connectivity index (χ2v) is 2.08. The van der Waals surface area contributed by atoms with Crippen molar-refractivity contribution in [2.75, 3.05) is 5.73 Å². The zero-order chi connectivity index (χ0) is 7.56. The van der Waals surface area contributed by atoms with Crippen LogP contribution >= 0.6 is 0 Å². The zero-order valence-corrected chi connectivity index (χ0v) is 5.66. The monoisotopic (exact) mass is 136 g/mol. The Morgan fingerprint density at radius 3 is 2.90 bits per heavy atom. The number of hydrogen-bond acceptors (Lipinski definition) is 3. The summed E-state index contributed by atoms with van der Waals surface area (Å²) in [6, 6.07) is 1.56. The number of aryl methyl sites for hydroxylation is 1. The Hall–Kier alpha value is -1.38. The van der Waals surface area contributed by atoms with Crippen molar-refractivity contribution in [3.05, 3.63) is 23.4 Å². The second-order valence-electron chi connectivity index (χ2n) is 2.08. The van der Waals surface area contributed by atoms with Gasteiger partial charge < -0.3 is 5.73 Å². The molecule has 0 aliphatic heterocycles. The van der Waals surface area contributed by atoms with Crippen molar-refractivity contribution in [3.63, 3.8) is 0 Å². The fourth-order valence-electron chi connectivity index (χ4n) is 0.683. The molecule has 3 nitrogen and oxygen atoms in total. The van der Waals surface area contributed by atoms with Gasteiger partial charge in [-0.3, -0.25) is 4.79 Å². The number of carbonyl (C=O) groups excluding carboxylic acids is 1. The van der Waals surface area contributed by atoms with Crippen molar-refractivity contribution in [2.45, 2.75) is 6.92 Å². The van der Waals surface area contributed by atoms with Gasteiger partial charge in [0.15, 0.2) is 6.29 Å². The van der Waals surface area contributed by atoms with Crippen LogP contribution in [0.3, 0.4) is 0 Å². The van der Waals surface area contributed by atoms with Crippen molar-refractivity contribution in [3.8, 4) is 0 Å². The van der Waals surface area contributed by atoms with Crippen LogP contribution in [0, 0.1) is 6.92 Å². The Morgan fingerprint density at radius 2 is 2.40 bits per heavy atom. The lowest BCUT2D eigenvalue weighted by Gasteiger charge is -1.96. The molecular formula is C7H8N2O. The third-order valence-corrected chi connectivity index (χ3v) is 1.29. The maximum absolute atomic E-state index is 10.3. The molecule has 0 atom stereocenters. The summed E-state index contributed by atoms with van der Waals surface area (Å²) >= 11 is 0. The fraction of sp³-hybridized carbons (Fsp3) is 0.143. The van der Waals surface area contributed by atoms with Crippen molar-refractivity contribution in [1.82, 2.24) is 4.98 Å². The van der Waals surface area contributed by atoms with E-state index in [1.54, 1.807) is 12.3 Å². The lowest BCUT2D eigenvalue weighted by molar-refractivity contribution is 0.112. The molecule has 1 rings (SSSR count). The number of anilines is 1. The lowest BCUT2D eigenvalue weighted by atomic mass is 10.2. The third-order valence-electron chi connectivity index (χ3n) is 1.29. The molecule has 0 unspecified atom stereocenters. The molecule has 0 aliphatic rings. The lowest BCUT2D eigenvalue weighted by Crippen LogP contribution is -1.94. The fourth-order valence-corrected chi connectivity index (χ4v) is 0.683. The van der Waals surface area contributed by atoms with E-state index in [1.807, 2.05) is 6.92 Å². The molecule has 52 valence electrons. The first-order valence-corrected chi connectivity index (χ1v) is 2.91. The normalized spacial score (nSPS) is 9.30. The highest BCUT2D eigenvalue weighted by molar-refractivity contribution is 5.78. The molecule has 0 bridgehead atoms. The molecule has 2 N–H and O–H groups in total. The van der Waals surface area contributed by atoms with Gasteiger partial charge in [0.1, 0.15) is 5.82 Å². The first kappa shape index (κ1) is 6.74. The van der Waals surface area contributed by atoms with Crippen LogP contribution < -0.4 is 5.73 Å². The summed E-state index contributed by atoms with van der Waals surface area (Å²) in [5, 5.41) is 0. The average Bonchev–Trinajstić information content (AvgIpc) is 1.94. The van der Waals surface area contributed by atoms with E-state index in [2.05, 4.69) is 4.98 Å². The molecule has 0 saturated carbocycles. The SMILES string of the molecule is Cc1cnc(N)cc1C=O. The Kier molecular flexibility index (Phi) is 1.67. The maximum Gasteiger partial charge on any atom is 0.150 e. The Morgan fingerprint density at radius 1 is 1.70 bits per heavy atom. The summed E-state index contributed by atoms with van der Waals surface area (Å²) in [6.45, 7) is 1.82. The Balaban J connectivity index is 3.21. The van der Waals surface area contributed by atoms with E-state index in [0.717, 1.165) is 11.8 Å². The van der Waals surface area contributed by atoms with Gasteiger partial charge >= 0.3 is 0 Å². The van der Waals surface area contributed by atoms with Crippen molar-refractivity contribution < 1.29 is 4.79 Å². The van der Waals surface area contributed by atoms with Crippen LogP contribution in [0.15, 0.2) is 12.3 Å². The molecule has 3 heteroatoms. The topological polar surface area (TPSA) is 56.0 Å². The molecule has 10 heavy (non-hydrogen) atoms. The molecule has 1 heterocycles. The summed E-state index contributed by atoms with van der Waals surface area (Å²) in [5.41, 5.74) is 6.79. The summed E-state index contributed by atoms with van der Waals surface area (Å²) in [7, 11) is 0. The zero-order valence-electron chi connectivity index (χ0n) is 5.66. The van der Waals surface area contributed by atoms with Gasteiger partial charge in [-0.1, -0.05) is 0 Å². The predicted octanol–water partition coefficient (Wildman–Crippen LogP) is 0.785. The van der Waals surface area contributed by atoms with Crippen LogP contribution in [0.4, 0.5) is 5.82 Å². The molecular weight excluding hydrogens is 128 g/mol. The minimum Gasteiger partial charge on any atom is -0.384 e. The number of carbonyl (C=O) groups is 1. The third kappa shape index (κ3) is 1.13. The molecule has 0 amide bonds. The molecule has 0 spiro atoms. The average molecular weight is 136 g/mol. The Labute approximate surface area is 58.9 Å². The molecule has 1 aromatic rings.